The van der Waals surface area contributed by atoms with Gasteiger partial charge in [0.1, 0.15) is 0 Å². The van der Waals surface area contributed by atoms with E-state index in [2.05, 4.69) is 65.6 Å². The van der Waals surface area contributed by atoms with Crippen molar-refractivity contribution in [2.45, 2.75) is 65.5 Å². The Morgan fingerprint density at radius 3 is 2.05 bits per heavy atom. The van der Waals surface area contributed by atoms with Crippen molar-refractivity contribution in [2.24, 2.45) is 0 Å². The van der Waals surface area contributed by atoms with E-state index in [4.69, 9.17) is 9.47 Å². The molecule has 4 heteroatoms. The van der Waals surface area contributed by atoms with Crippen LogP contribution in [0.5, 0.6) is 0 Å². The van der Waals surface area contributed by atoms with Crippen molar-refractivity contribution in [2.75, 3.05) is 40.8 Å². The summed E-state index contributed by atoms with van der Waals surface area (Å²) in [6, 6.07) is 0. The predicted molar refractivity (Wildman–Crippen MR) is 86.4 cm³/mol. The van der Waals surface area contributed by atoms with E-state index >= 15 is 0 Å². The molecule has 1 rings (SSSR count). The first-order valence-corrected chi connectivity index (χ1v) is 7.84. The molecule has 122 valence electrons. The van der Waals surface area contributed by atoms with E-state index in [0.29, 0.717) is 24.4 Å². The summed E-state index contributed by atoms with van der Waals surface area (Å²) in [5.41, 5.74) is 0. The Labute approximate surface area is 126 Å². The molecule has 2 unspecified atom stereocenters. The fourth-order valence-electron chi connectivity index (χ4n) is 2.41. The Morgan fingerprint density at radius 2 is 1.70 bits per heavy atom. The van der Waals surface area contributed by atoms with Crippen LogP contribution in [0.25, 0.3) is 0 Å². The van der Waals surface area contributed by atoms with Crippen LogP contribution in [0.4, 0.5) is 0 Å². The van der Waals surface area contributed by atoms with E-state index in [-0.39, 0.29) is 0 Å². The highest BCUT2D eigenvalue weighted by molar-refractivity contribution is 4.73. The molecular formula is C16H36N2O2. The molecule has 0 spiro atoms. The van der Waals surface area contributed by atoms with Crippen molar-refractivity contribution in [3.05, 3.63) is 0 Å². The summed E-state index contributed by atoms with van der Waals surface area (Å²) in [7, 11) is 6.25. The van der Waals surface area contributed by atoms with Crippen LogP contribution in [0, 0.1) is 0 Å². The minimum Gasteiger partial charge on any atom is -0.375 e. The quantitative estimate of drug-likeness (QED) is 0.749. The molecule has 0 aromatic heterocycles. The summed E-state index contributed by atoms with van der Waals surface area (Å²) in [5.74, 6) is 0. The lowest BCUT2D eigenvalue weighted by Crippen LogP contribution is -2.27. The van der Waals surface area contributed by atoms with E-state index in [1.165, 1.54) is 13.0 Å². The van der Waals surface area contributed by atoms with E-state index < -0.39 is 0 Å². The van der Waals surface area contributed by atoms with Crippen LogP contribution in [0.1, 0.15) is 41.0 Å². The van der Waals surface area contributed by atoms with Gasteiger partial charge in [0.25, 0.3) is 0 Å². The van der Waals surface area contributed by atoms with Crippen LogP contribution in [-0.2, 0) is 9.47 Å². The number of likely N-dealkylation sites (N-methyl/N-ethyl adjacent to an activating group) is 2. The molecule has 0 aliphatic carbocycles. The van der Waals surface area contributed by atoms with Gasteiger partial charge in [-0.2, -0.15) is 0 Å². The highest BCUT2D eigenvalue weighted by Gasteiger charge is 2.20. The van der Waals surface area contributed by atoms with Crippen molar-refractivity contribution in [3.63, 3.8) is 0 Å². The van der Waals surface area contributed by atoms with Crippen molar-refractivity contribution < 1.29 is 9.47 Å². The predicted octanol–water partition coefficient (Wildman–Crippen LogP) is 2.48. The Morgan fingerprint density at radius 1 is 1.10 bits per heavy atom. The van der Waals surface area contributed by atoms with Gasteiger partial charge in [-0.3, -0.25) is 0 Å². The van der Waals surface area contributed by atoms with Gasteiger partial charge in [-0.15, -0.1) is 0 Å². The average Bonchev–Trinajstić information content (AvgIpc) is 2.60. The SMILES string of the molecule is CC(C)OC(C)CN(C)C.CC(C)OC1CCN(C)C1. The van der Waals surface area contributed by atoms with Gasteiger partial charge in [-0.05, 0) is 62.2 Å². The lowest BCUT2D eigenvalue weighted by Gasteiger charge is -2.19. The van der Waals surface area contributed by atoms with Crippen molar-refractivity contribution in [1.29, 1.82) is 0 Å². The van der Waals surface area contributed by atoms with Gasteiger partial charge in [-0.25, -0.2) is 0 Å². The van der Waals surface area contributed by atoms with Gasteiger partial charge in [0.2, 0.25) is 0 Å². The van der Waals surface area contributed by atoms with Crippen molar-refractivity contribution >= 4 is 0 Å². The molecule has 2 atom stereocenters. The van der Waals surface area contributed by atoms with Gasteiger partial charge in [0, 0.05) is 19.6 Å². The van der Waals surface area contributed by atoms with Gasteiger partial charge < -0.3 is 19.3 Å². The van der Waals surface area contributed by atoms with Crippen LogP contribution in [0.2, 0.25) is 0 Å². The first-order valence-electron chi connectivity index (χ1n) is 7.84. The minimum absolute atomic E-state index is 0.343. The van der Waals surface area contributed by atoms with Gasteiger partial charge in [0.15, 0.2) is 0 Å². The molecule has 4 nitrogen and oxygen atoms in total. The van der Waals surface area contributed by atoms with Gasteiger partial charge in [-0.1, -0.05) is 0 Å². The maximum atomic E-state index is 5.64. The van der Waals surface area contributed by atoms with E-state index in [0.717, 1.165) is 13.1 Å². The summed E-state index contributed by atoms with van der Waals surface area (Å²) >= 11 is 0. The number of nitrogens with zero attached hydrogens (tertiary/aromatic N) is 2. The van der Waals surface area contributed by atoms with Gasteiger partial charge in [0.05, 0.1) is 24.4 Å². The fraction of sp³-hybridized carbons (Fsp3) is 1.00. The summed E-state index contributed by atoms with van der Waals surface area (Å²) in [6.45, 7) is 13.7. The second-order valence-electron chi connectivity index (χ2n) is 6.62. The third-order valence-corrected chi connectivity index (χ3v) is 2.94. The third-order valence-electron chi connectivity index (χ3n) is 2.94. The largest absolute Gasteiger partial charge is 0.375 e. The maximum Gasteiger partial charge on any atom is 0.0717 e. The number of hydrogen-bond donors (Lipinski definition) is 0. The second-order valence-corrected chi connectivity index (χ2v) is 6.62. The number of ether oxygens (including phenoxy) is 2. The van der Waals surface area contributed by atoms with Crippen LogP contribution in [0.3, 0.4) is 0 Å². The summed E-state index contributed by atoms with van der Waals surface area (Å²) in [4.78, 5) is 4.44. The first kappa shape index (κ1) is 19.8. The smallest absolute Gasteiger partial charge is 0.0717 e. The highest BCUT2D eigenvalue weighted by atomic mass is 16.5. The molecule has 0 amide bonds. The maximum absolute atomic E-state index is 5.64. The molecule has 1 aliphatic rings. The minimum atomic E-state index is 0.343. The standard InChI is InChI=1S/C8H17NO.C8H19NO/c1-7(2)10-8-4-5-9(3)6-8;1-7(2)10-8(3)6-9(4)5/h7-8H,4-6H2,1-3H3;7-8H,6H2,1-5H3. The molecule has 0 aromatic rings. The molecule has 20 heavy (non-hydrogen) atoms. The van der Waals surface area contributed by atoms with Crippen molar-refractivity contribution in [3.8, 4) is 0 Å². The molecule has 1 fully saturated rings. The lowest BCUT2D eigenvalue weighted by molar-refractivity contribution is 0.00607. The molecular weight excluding hydrogens is 252 g/mol. The van der Waals surface area contributed by atoms with Gasteiger partial charge >= 0.3 is 0 Å². The molecule has 0 radical (unpaired) electrons. The summed E-state index contributed by atoms with van der Waals surface area (Å²) in [5, 5.41) is 0. The topological polar surface area (TPSA) is 24.9 Å². The van der Waals surface area contributed by atoms with E-state index in [9.17, 15) is 0 Å². The first-order chi connectivity index (χ1) is 9.20. The van der Waals surface area contributed by atoms with Crippen LogP contribution in [0.15, 0.2) is 0 Å². The molecule has 0 saturated carbocycles. The summed E-state index contributed by atoms with van der Waals surface area (Å²) in [6.07, 6.45) is 2.76. The molecule has 0 bridgehead atoms. The van der Waals surface area contributed by atoms with Crippen LogP contribution < -0.4 is 0 Å². The molecule has 1 aliphatic heterocycles. The number of rotatable bonds is 6. The summed E-state index contributed by atoms with van der Waals surface area (Å²) < 4.78 is 11.2. The number of hydrogen-bond acceptors (Lipinski definition) is 4. The highest BCUT2D eigenvalue weighted by Crippen LogP contribution is 2.11. The Bertz CT molecular complexity index is 223. The second kappa shape index (κ2) is 10.6. The zero-order chi connectivity index (χ0) is 15.7. The Kier molecular flexibility index (Phi) is 10.5. The third kappa shape index (κ3) is 11.6. The van der Waals surface area contributed by atoms with E-state index in [1.807, 2.05) is 0 Å². The molecule has 0 N–H and O–H groups in total. The average molecular weight is 288 g/mol. The Hall–Kier alpha value is -0.160. The zero-order valence-electron chi connectivity index (χ0n) is 14.8. The normalized spacial score (nSPS) is 21.4. The fourth-order valence-corrected chi connectivity index (χ4v) is 2.41. The van der Waals surface area contributed by atoms with E-state index in [1.54, 1.807) is 0 Å². The monoisotopic (exact) mass is 288 g/mol. The molecule has 1 heterocycles. The number of likely N-dealkylation sites (tertiary alicyclic amines) is 1. The van der Waals surface area contributed by atoms with Crippen molar-refractivity contribution in [1.82, 2.24) is 9.80 Å². The molecule has 0 aromatic carbocycles. The van der Waals surface area contributed by atoms with Crippen LogP contribution >= 0.6 is 0 Å². The lowest BCUT2D eigenvalue weighted by atomic mass is 10.3. The molecule has 1 saturated heterocycles. The Balaban J connectivity index is 0.000000361. The van der Waals surface area contributed by atoms with Crippen LogP contribution in [-0.4, -0.2) is 75.0 Å². The zero-order valence-corrected chi connectivity index (χ0v) is 14.8.